The van der Waals surface area contributed by atoms with E-state index in [-0.39, 0.29) is 11.5 Å². The van der Waals surface area contributed by atoms with Crippen LogP contribution in [0, 0.1) is 5.82 Å². The summed E-state index contributed by atoms with van der Waals surface area (Å²) in [4.78, 5) is 14.4. The number of benzene rings is 2. The molecule has 1 unspecified atom stereocenters. The molecular formula is C23H19FN4O2. The molecule has 150 valence electrons. The minimum Gasteiger partial charge on any atom is -0.368 e. The average molecular weight is 402 g/mol. The number of aromatic nitrogens is 3. The van der Waals surface area contributed by atoms with Crippen LogP contribution in [-0.4, -0.2) is 45.3 Å². The Kier molecular flexibility index (Phi) is 4.72. The number of ether oxygens (including phenoxy) is 1. The molecule has 1 atom stereocenters. The number of pyridine rings is 1. The zero-order chi connectivity index (χ0) is 20.5. The van der Waals surface area contributed by atoms with Crippen molar-refractivity contribution in [3.05, 3.63) is 90.0 Å². The molecule has 7 heteroatoms. The number of nitrogens with zero attached hydrogens (tertiary/aromatic N) is 4. The van der Waals surface area contributed by atoms with Gasteiger partial charge in [-0.3, -0.25) is 4.79 Å². The van der Waals surface area contributed by atoms with Crippen LogP contribution in [0.25, 0.3) is 16.6 Å². The van der Waals surface area contributed by atoms with Crippen LogP contribution in [0.5, 0.6) is 0 Å². The van der Waals surface area contributed by atoms with Gasteiger partial charge in [-0.05, 0) is 23.8 Å². The van der Waals surface area contributed by atoms with Gasteiger partial charge in [-0.15, -0.1) is 5.10 Å². The van der Waals surface area contributed by atoms with E-state index in [0.717, 1.165) is 16.6 Å². The van der Waals surface area contributed by atoms with Gasteiger partial charge in [-0.2, -0.15) is 0 Å². The normalized spacial score (nSPS) is 16.7. The molecule has 30 heavy (non-hydrogen) atoms. The Morgan fingerprint density at radius 2 is 1.80 bits per heavy atom. The first kappa shape index (κ1) is 18.4. The van der Waals surface area contributed by atoms with Crippen molar-refractivity contribution in [1.29, 1.82) is 0 Å². The van der Waals surface area contributed by atoms with Crippen LogP contribution in [0.1, 0.15) is 22.2 Å². The van der Waals surface area contributed by atoms with E-state index in [1.165, 1.54) is 12.1 Å². The summed E-state index contributed by atoms with van der Waals surface area (Å²) in [6.07, 6.45) is 1.50. The summed E-state index contributed by atoms with van der Waals surface area (Å²) in [5.41, 5.74) is 3.67. The second kappa shape index (κ2) is 7.68. The summed E-state index contributed by atoms with van der Waals surface area (Å²) in [6.45, 7) is 1.05. The van der Waals surface area contributed by atoms with Crippen molar-refractivity contribution < 1.29 is 13.9 Å². The Hall–Kier alpha value is -3.58. The molecule has 6 nitrogen and oxygen atoms in total. The van der Waals surface area contributed by atoms with Crippen molar-refractivity contribution in [1.82, 2.24) is 19.7 Å². The second-order valence-electron chi connectivity index (χ2n) is 7.18. The van der Waals surface area contributed by atoms with Crippen molar-refractivity contribution >= 4 is 11.4 Å². The van der Waals surface area contributed by atoms with E-state index in [1.807, 2.05) is 48.7 Å². The zero-order valence-corrected chi connectivity index (χ0v) is 16.1. The Morgan fingerprint density at radius 1 is 1.00 bits per heavy atom. The maximum atomic E-state index is 14.0. The Morgan fingerprint density at radius 3 is 2.63 bits per heavy atom. The molecule has 0 bridgehead atoms. The highest BCUT2D eigenvalue weighted by molar-refractivity contribution is 5.94. The van der Waals surface area contributed by atoms with Crippen LogP contribution in [0.4, 0.5) is 4.39 Å². The fourth-order valence-corrected chi connectivity index (χ4v) is 3.75. The summed E-state index contributed by atoms with van der Waals surface area (Å²) in [7, 11) is 0. The molecule has 1 amide bonds. The fourth-order valence-electron chi connectivity index (χ4n) is 3.75. The smallest absolute Gasteiger partial charge is 0.257 e. The van der Waals surface area contributed by atoms with Crippen LogP contribution in [-0.2, 0) is 4.74 Å². The molecule has 3 heterocycles. The Labute approximate surface area is 172 Å². The van der Waals surface area contributed by atoms with Gasteiger partial charge in [0.1, 0.15) is 17.6 Å². The zero-order valence-electron chi connectivity index (χ0n) is 16.1. The number of fused-ring (bicyclic) bond motifs is 1. The Bertz CT molecular complexity index is 1210. The van der Waals surface area contributed by atoms with Gasteiger partial charge < -0.3 is 9.64 Å². The third-order valence-electron chi connectivity index (χ3n) is 5.31. The SMILES string of the molecule is O=C(c1ccccc1F)N1CCOC(c2nnn3cc(-c4ccccc4)ccc23)C1. The number of hydrogen-bond donors (Lipinski definition) is 0. The molecule has 1 saturated heterocycles. The van der Waals surface area contributed by atoms with Crippen molar-refractivity contribution in [3.8, 4) is 11.1 Å². The predicted octanol–water partition coefficient (Wildman–Crippen LogP) is 3.75. The third-order valence-corrected chi connectivity index (χ3v) is 5.31. The van der Waals surface area contributed by atoms with Gasteiger partial charge >= 0.3 is 0 Å². The van der Waals surface area contributed by atoms with Gasteiger partial charge in [0.15, 0.2) is 0 Å². The van der Waals surface area contributed by atoms with Gasteiger partial charge in [0.05, 0.1) is 24.2 Å². The first-order valence-electron chi connectivity index (χ1n) is 9.76. The first-order valence-corrected chi connectivity index (χ1v) is 9.76. The standard InChI is InChI=1S/C23H19FN4O2/c24-19-9-5-4-8-18(19)23(29)27-12-13-30-21(15-27)22-20-11-10-17(14-28(20)26-25-22)16-6-2-1-3-7-16/h1-11,14,21H,12-13,15H2. The summed E-state index contributed by atoms with van der Waals surface area (Å²) < 4.78 is 21.7. The van der Waals surface area contributed by atoms with Crippen molar-refractivity contribution in [2.45, 2.75) is 6.10 Å². The highest BCUT2D eigenvalue weighted by Gasteiger charge is 2.30. The lowest BCUT2D eigenvalue weighted by molar-refractivity contribution is -0.0242. The van der Waals surface area contributed by atoms with Crippen molar-refractivity contribution in [2.24, 2.45) is 0 Å². The number of carbonyl (C=O) groups excluding carboxylic acids is 1. The van der Waals surface area contributed by atoms with Crippen LogP contribution >= 0.6 is 0 Å². The molecule has 2 aromatic carbocycles. The van der Waals surface area contributed by atoms with Crippen LogP contribution in [0.15, 0.2) is 72.9 Å². The van der Waals surface area contributed by atoms with Gasteiger partial charge in [0.25, 0.3) is 5.91 Å². The lowest BCUT2D eigenvalue weighted by Gasteiger charge is -2.32. The summed E-state index contributed by atoms with van der Waals surface area (Å²) in [5.74, 6) is -0.864. The molecule has 0 aliphatic carbocycles. The molecule has 0 spiro atoms. The number of hydrogen-bond acceptors (Lipinski definition) is 4. The quantitative estimate of drug-likeness (QED) is 0.524. The van der Waals surface area contributed by atoms with Gasteiger partial charge in [0.2, 0.25) is 0 Å². The molecular weight excluding hydrogens is 383 g/mol. The van der Waals surface area contributed by atoms with E-state index in [1.54, 1.807) is 21.5 Å². The van der Waals surface area contributed by atoms with Crippen molar-refractivity contribution in [2.75, 3.05) is 19.7 Å². The number of carbonyl (C=O) groups is 1. The fraction of sp³-hybridized carbons (Fsp3) is 0.174. The van der Waals surface area contributed by atoms with Crippen LogP contribution < -0.4 is 0 Å². The highest BCUT2D eigenvalue weighted by atomic mass is 19.1. The lowest BCUT2D eigenvalue weighted by Crippen LogP contribution is -2.42. The number of amides is 1. The summed E-state index contributed by atoms with van der Waals surface area (Å²) in [6, 6.07) is 20.0. The first-order chi connectivity index (χ1) is 14.7. The topological polar surface area (TPSA) is 59.7 Å². The van der Waals surface area contributed by atoms with E-state index in [0.29, 0.717) is 25.4 Å². The average Bonchev–Trinajstić information content (AvgIpc) is 3.23. The third kappa shape index (κ3) is 3.33. The largest absolute Gasteiger partial charge is 0.368 e. The van der Waals surface area contributed by atoms with Crippen LogP contribution in [0.2, 0.25) is 0 Å². The molecule has 1 aliphatic rings. The Balaban J connectivity index is 1.41. The predicted molar refractivity (Wildman–Crippen MR) is 109 cm³/mol. The molecule has 1 fully saturated rings. The van der Waals surface area contributed by atoms with E-state index in [9.17, 15) is 9.18 Å². The van der Waals surface area contributed by atoms with E-state index in [4.69, 9.17) is 4.74 Å². The minimum atomic E-state index is -0.520. The maximum absolute atomic E-state index is 14.0. The monoisotopic (exact) mass is 402 g/mol. The van der Waals surface area contributed by atoms with E-state index >= 15 is 0 Å². The molecule has 4 aromatic rings. The second-order valence-corrected chi connectivity index (χ2v) is 7.18. The maximum Gasteiger partial charge on any atom is 0.257 e. The highest BCUT2D eigenvalue weighted by Crippen LogP contribution is 2.27. The minimum absolute atomic E-state index is 0.0680. The number of rotatable bonds is 3. The number of halogens is 1. The molecule has 1 aliphatic heterocycles. The molecule has 0 radical (unpaired) electrons. The van der Waals surface area contributed by atoms with Gasteiger partial charge in [0, 0.05) is 18.3 Å². The van der Waals surface area contributed by atoms with Gasteiger partial charge in [-0.1, -0.05) is 53.7 Å². The summed E-state index contributed by atoms with van der Waals surface area (Å²) in [5, 5.41) is 8.56. The van der Waals surface area contributed by atoms with Crippen molar-refractivity contribution in [3.63, 3.8) is 0 Å². The number of morpholine rings is 1. The molecule has 2 aromatic heterocycles. The van der Waals surface area contributed by atoms with E-state index < -0.39 is 11.9 Å². The molecule has 0 saturated carbocycles. The lowest BCUT2D eigenvalue weighted by atomic mass is 10.1. The van der Waals surface area contributed by atoms with Crippen LogP contribution in [0.3, 0.4) is 0 Å². The van der Waals surface area contributed by atoms with E-state index in [2.05, 4.69) is 10.3 Å². The molecule has 5 rings (SSSR count). The summed E-state index contributed by atoms with van der Waals surface area (Å²) >= 11 is 0. The molecule has 0 N–H and O–H groups in total. The van der Waals surface area contributed by atoms with Gasteiger partial charge in [-0.25, -0.2) is 8.91 Å².